The van der Waals surface area contributed by atoms with Crippen molar-refractivity contribution in [3.8, 4) is 5.75 Å². The number of H-pyrrole nitrogens is 1. The highest BCUT2D eigenvalue weighted by molar-refractivity contribution is 6.31. The second-order valence-electron chi connectivity index (χ2n) is 5.47. The van der Waals surface area contributed by atoms with Gasteiger partial charge >= 0.3 is 0 Å². The highest BCUT2D eigenvalue weighted by Crippen LogP contribution is 2.26. The van der Waals surface area contributed by atoms with Gasteiger partial charge < -0.3 is 20.7 Å². The lowest BCUT2D eigenvalue weighted by molar-refractivity contribution is -0.115. The SMILES string of the molecule is O=C(CNC(=O)c1c[nH]c2ccccc2c1=O)Nc1cc(Cl)ccc1O. The van der Waals surface area contributed by atoms with Crippen molar-refractivity contribution < 1.29 is 14.7 Å². The van der Waals surface area contributed by atoms with Crippen molar-refractivity contribution in [3.05, 3.63) is 69.5 Å². The van der Waals surface area contributed by atoms with Crippen LogP contribution in [-0.4, -0.2) is 28.4 Å². The zero-order valence-corrected chi connectivity index (χ0v) is 14.1. The van der Waals surface area contributed by atoms with E-state index in [1.54, 1.807) is 24.3 Å². The molecule has 0 fully saturated rings. The van der Waals surface area contributed by atoms with Crippen molar-refractivity contribution >= 4 is 40.0 Å². The number of pyridine rings is 1. The molecular formula is C18H14ClN3O4. The lowest BCUT2D eigenvalue weighted by Gasteiger charge is -2.09. The summed E-state index contributed by atoms with van der Waals surface area (Å²) in [5.74, 6) is -1.41. The number of hydrogen-bond donors (Lipinski definition) is 4. The number of fused-ring (bicyclic) bond motifs is 1. The number of nitrogens with one attached hydrogen (secondary N) is 3. The number of halogens is 1. The summed E-state index contributed by atoms with van der Waals surface area (Å²) in [6.07, 6.45) is 1.31. The molecule has 26 heavy (non-hydrogen) atoms. The number of anilines is 1. The van der Waals surface area contributed by atoms with Gasteiger partial charge in [-0.15, -0.1) is 0 Å². The molecule has 0 saturated carbocycles. The van der Waals surface area contributed by atoms with Gasteiger partial charge in [0.2, 0.25) is 11.3 Å². The number of benzene rings is 2. The van der Waals surface area contributed by atoms with Crippen molar-refractivity contribution in [2.24, 2.45) is 0 Å². The van der Waals surface area contributed by atoms with Crippen LogP contribution in [0.5, 0.6) is 5.75 Å². The maximum atomic E-state index is 12.4. The van der Waals surface area contributed by atoms with Crippen LogP contribution in [0, 0.1) is 0 Å². The maximum absolute atomic E-state index is 12.4. The number of amides is 2. The summed E-state index contributed by atoms with van der Waals surface area (Å²) in [7, 11) is 0. The van der Waals surface area contributed by atoms with E-state index in [1.807, 2.05) is 0 Å². The van der Waals surface area contributed by atoms with Crippen LogP contribution in [0.2, 0.25) is 5.02 Å². The Kier molecular flexibility index (Phi) is 4.90. The number of carbonyl (C=O) groups excluding carboxylic acids is 2. The highest BCUT2D eigenvalue weighted by atomic mass is 35.5. The minimum Gasteiger partial charge on any atom is -0.506 e. The molecule has 1 heterocycles. The standard InChI is InChI=1S/C18H14ClN3O4/c19-10-5-6-15(23)14(7-10)22-16(24)9-21-18(26)12-8-20-13-4-2-1-3-11(13)17(12)25/h1-8,23H,9H2,(H,20,25)(H,21,26)(H,22,24). The van der Waals surface area contributed by atoms with Crippen molar-refractivity contribution in [2.75, 3.05) is 11.9 Å². The van der Waals surface area contributed by atoms with Gasteiger partial charge in [-0.2, -0.15) is 0 Å². The van der Waals surface area contributed by atoms with Crippen molar-refractivity contribution in [1.82, 2.24) is 10.3 Å². The summed E-state index contributed by atoms with van der Waals surface area (Å²) in [4.78, 5) is 39.4. The molecule has 0 radical (unpaired) electrons. The van der Waals surface area contributed by atoms with Crippen molar-refractivity contribution in [3.63, 3.8) is 0 Å². The third-order valence-electron chi connectivity index (χ3n) is 3.68. The molecule has 0 aliphatic heterocycles. The number of carbonyl (C=O) groups is 2. The number of aromatic amines is 1. The van der Waals surface area contributed by atoms with E-state index >= 15 is 0 Å². The zero-order chi connectivity index (χ0) is 18.7. The first-order valence-electron chi connectivity index (χ1n) is 7.62. The molecule has 2 amide bonds. The number of rotatable bonds is 4. The second-order valence-corrected chi connectivity index (χ2v) is 5.91. The highest BCUT2D eigenvalue weighted by Gasteiger charge is 2.14. The molecule has 4 N–H and O–H groups in total. The summed E-state index contributed by atoms with van der Waals surface area (Å²) in [5, 5.41) is 15.2. The normalized spacial score (nSPS) is 10.5. The molecule has 0 unspecified atom stereocenters. The van der Waals surface area contributed by atoms with E-state index in [4.69, 9.17) is 11.6 Å². The Morgan fingerprint density at radius 2 is 1.92 bits per heavy atom. The summed E-state index contributed by atoms with van der Waals surface area (Å²) >= 11 is 5.80. The topological polar surface area (TPSA) is 111 Å². The van der Waals surface area contributed by atoms with Gasteiger partial charge in [-0.05, 0) is 30.3 Å². The summed E-state index contributed by atoms with van der Waals surface area (Å²) in [6.45, 7) is -0.378. The molecule has 1 aromatic heterocycles. The fourth-order valence-electron chi connectivity index (χ4n) is 2.39. The first kappa shape index (κ1) is 17.5. The number of phenolic OH excluding ortho intramolecular Hbond substituents is 1. The minimum absolute atomic E-state index is 0.0953. The third-order valence-corrected chi connectivity index (χ3v) is 3.91. The van der Waals surface area contributed by atoms with Gasteiger partial charge in [-0.1, -0.05) is 23.7 Å². The monoisotopic (exact) mass is 371 g/mol. The Morgan fingerprint density at radius 1 is 1.15 bits per heavy atom. The molecule has 0 spiro atoms. The smallest absolute Gasteiger partial charge is 0.257 e. The van der Waals surface area contributed by atoms with Crippen LogP contribution in [0.4, 0.5) is 5.69 Å². The number of aromatic hydroxyl groups is 1. The first-order chi connectivity index (χ1) is 12.5. The fourth-order valence-corrected chi connectivity index (χ4v) is 2.57. The Balaban J connectivity index is 1.69. The average molecular weight is 372 g/mol. The minimum atomic E-state index is -0.678. The van der Waals surface area contributed by atoms with Gasteiger partial charge in [-0.3, -0.25) is 14.4 Å². The van der Waals surface area contributed by atoms with Crippen LogP contribution >= 0.6 is 11.6 Å². The van der Waals surface area contributed by atoms with E-state index in [9.17, 15) is 19.5 Å². The van der Waals surface area contributed by atoms with Crippen LogP contribution in [0.15, 0.2) is 53.5 Å². The Morgan fingerprint density at radius 3 is 2.73 bits per heavy atom. The molecule has 0 atom stereocenters. The number of hydrogen-bond acceptors (Lipinski definition) is 4. The van der Waals surface area contributed by atoms with E-state index in [0.717, 1.165) is 0 Å². The van der Waals surface area contributed by atoms with Crippen LogP contribution < -0.4 is 16.1 Å². The van der Waals surface area contributed by atoms with Crippen LogP contribution in [-0.2, 0) is 4.79 Å². The van der Waals surface area contributed by atoms with Gasteiger partial charge in [-0.25, -0.2) is 0 Å². The van der Waals surface area contributed by atoms with E-state index in [2.05, 4.69) is 15.6 Å². The van der Waals surface area contributed by atoms with Gasteiger partial charge in [0.25, 0.3) is 5.91 Å². The third kappa shape index (κ3) is 3.68. The van der Waals surface area contributed by atoms with Crippen LogP contribution in [0.1, 0.15) is 10.4 Å². The second kappa shape index (κ2) is 7.28. The lowest BCUT2D eigenvalue weighted by atomic mass is 10.1. The van der Waals surface area contributed by atoms with E-state index < -0.39 is 17.2 Å². The van der Waals surface area contributed by atoms with E-state index in [-0.39, 0.29) is 23.5 Å². The average Bonchev–Trinajstić information content (AvgIpc) is 2.63. The quantitative estimate of drug-likeness (QED) is 0.527. The molecular weight excluding hydrogens is 358 g/mol. The summed E-state index contributed by atoms with van der Waals surface area (Å²) < 4.78 is 0. The van der Waals surface area contributed by atoms with Gasteiger partial charge in [0.05, 0.1) is 12.2 Å². The first-order valence-corrected chi connectivity index (χ1v) is 8.00. The lowest BCUT2D eigenvalue weighted by Crippen LogP contribution is -2.35. The Hall–Kier alpha value is -3.32. The molecule has 0 bridgehead atoms. The number of aromatic nitrogens is 1. The van der Waals surface area contributed by atoms with Gasteiger partial charge in [0.15, 0.2) is 0 Å². The Labute approximate surface area is 152 Å². The van der Waals surface area contributed by atoms with E-state index in [1.165, 1.54) is 24.4 Å². The largest absolute Gasteiger partial charge is 0.506 e. The Bertz CT molecular complexity index is 1060. The summed E-state index contributed by atoms with van der Waals surface area (Å²) in [6, 6.07) is 11.0. The molecule has 0 aliphatic rings. The predicted molar refractivity (Wildman–Crippen MR) is 98.6 cm³/mol. The molecule has 3 rings (SSSR count). The van der Waals surface area contributed by atoms with Crippen LogP contribution in [0.3, 0.4) is 0 Å². The number of phenols is 1. The molecule has 7 nitrogen and oxygen atoms in total. The van der Waals surface area contributed by atoms with Crippen LogP contribution in [0.25, 0.3) is 10.9 Å². The zero-order valence-electron chi connectivity index (χ0n) is 13.4. The van der Waals surface area contributed by atoms with Gasteiger partial charge in [0, 0.05) is 22.1 Å². The molecule has 8 heteroatoms. The molecule has 0 saturated heterocycles. The molecule has 0 aliphatic carbocycles. The fraction of sp³-hybridized carbons (Fsp3) is 0.0556. The van der Waals surface area contributed by atoms with E-state index in [0.29, 0.717) is 15.9 Å². The molecule has 132 valence electrons. The summed E-state index contributed by atoms with van der Waals surface area (Å²) in [5.41, 5.74) is 0.218. The maximum Gasteiger partial charge on any atom is 0.257 e. The van der Waals surface area contributed by atoms with Gasteiger partial charge in [0.1, 0.15) is 11.3 Å². The van der Waals surface area contributed by atoms with Crippen molar-refractivity contribution in [2.45, 2.75) is 0 Å². The predicted octanol–water partition coefficient (Wildman–Crippen LogP) is 2.26. The number of para-hydroxylation sites is 1. The molecule has 3 aromatic rings. The molecule has 2 aromatic carbocycles. The van der Waals surface area contributed by atoms with Crippen molar-refractivity contribution in [1.29, 1.82) is 0 Å².